The number of rotatable bonds is 3. The van der Waals surface area contributed by atoms with Gasteiger partial charge in [-0.05, 0) is 74.8 Å². The maximum Gasteiger partial charge on any atom is 0.263 e. The smallest absolute Gasteiger partial charge is 0.263 e. The summed E-state index contributed by atoms with van der Waals surface area (Å²) in [5.74, 6) is 0.890. The Hall–Kier alpha value is -2.76. The number of nitrogens with one attached hydrogen (secondary N) is 1. The summed E-state index contributed by atoms with van der Waals surface area (Å²) in [4.78, 5) is 22.3. The van der Waals surface area contributed by atoms with Crippen molar-refractivity contribution in [1.29, 1.82) is 0 Å². The molecule has 5 nitrogen and oxygen atoms in total. The second-order valence-electron chi connectivity index (χ2n) is 7.81. The molecule has 0 unspecified atom stereocenters. The largest absolute Gasteiger partial charge is 0.324 e. The lowest BCUT2D eigenvalue weighted by molar-refractivity contribution is 0.0727. The van der Waals surface area contributed by atoms with Crippen LogP contribution >= 0.6 is 0 Å². The second kappa shape index (κ2) is 6.15. The minimum Gasteiger partial charge on any atom is -0.324 e. The molecule has 0 saturated heterocycles. The molecule has 2 aromatic heterocycles. The molecule has 3 fully saturated rings. The van der Waals surface area contributed by atoms with Gasteiger partial charge in [-0.2, -0.15) is 0 Å². The molecule has 3 aliphatic rings. The molecule has 6 heteroatoms. The highest BCUT2D eigenvalue weighted by Gasteiger charge is 2.43. The summed E-state index contributed by atoms with van der Waals surface area (Å²) in [6.45, 7) is 0. The van der Waals surface area contributed by atoms with Crippen LogP contribution in [0.5, 0.6) is 0 Å². The van der Waals surface area contributed by atoms with E-state index >= 15 is 0 Å². The van der Waals surface area contributed by atoms with E-state index in [0.29, 0.717) is 16.9 Å². The Balaban J connectivity index is 1.74. The van der Waals surface area contributed by atoms with Gasteiger partial charge in [-0.15, -0.1) is 0 Å². The van der Waals surface area contributed by atoms with E-state index in [1.54, 1.807) is 18.5 Å². The first-order valence-corrected chi connectivity index (χ1v) is 9.54. The van der Waals surface area contributed by atoms with Gasteiger partial charge in [0.05, 0.1) is 28.3 Å². The van der Waals surface area contributed by atoms with Gasteiger partial charge < -0.3 is 5.32 Å². The van der Waals surface area contributed by atoms with Crippen LogP contribution in [0.2, 0.25) is 0 Å². The van der Waals surface area contributed by atoms with Gasteiger partial charge in [-0.1, -0.05) is 0 Å². The molecule has 3 aliphatic carbocycles. The molecule has 3 saturated carbocycles. The van der Waals surface area contributed by atoms with Crippen LogP contribution < -0.4 is 10.9 Å². The van der Waals surface area contributed by atoms with Crippen molar-refractivity contribution in [2.24, 2.45) is 5.92 Å². The van der Waals surface area contributed by atoms with Crippen molar-refractivity contribution in [3.8, 4) is 0 Å². The van der Waals surface area contributed by atoms with Crippen molar-refractivity contribution >= 4 is 22.5 Å². The van der Waals surface area contributed by atoms with E-state index < -0.39 is 5.82 Å². The summed E-state index contributed by atoms with van der Waals surface area (Å²) < 4.78 is 15.6. The maximum atomic E-state index is 13.8. The number of nitrogens with zero attached hydrogens (tertiary/aromatic N) is 3. The molecule has 6 rings (SSSR count). The predicted molar refractivity (Wildman–Crippen MR) is 103 cm³/mol. The van der Waals surface area contributed by atoms with Crippen LogP contribution in [-0.2, 0) is 5.54 Å². The Bertz CT molecular complexity index is 1040. The molecule has 27 heavy (non-hydrogen) atoms. The van der Waals surface area contributed by atoms with Crippen molar-refractivity contribution in [1.82, 2.24) is 14.5 Å². The first-order chi connectivity index (χ1) is 13.1. The van der Waals surface area contributed by atoms with Crippen molar-refractivity contribution in [3.05, 3.63) is 58.9 Å². The molecule has 0 aliphatic heterocycles. The number of hydrogen-bond donors (Lipinski definition) is 1. The second-order valence-corrected chi connectivity index (χ2v) is 7.81. The van der Waals surface area contributed by atoms with Crippen molar-refractivity contribution < 1.29 is 4.39 Å². The Morgan fingerprint density at radius 2 is 1.93 bits per heavy atom. The molecule has 2 heterocycles. The van der Waals surface area contributed by atoms with Gasteiger partial charge in [-0.3, -0.25) is 14.3 Å². The first-order valence-electron chi connectivity index (χ1n) is 9.54. The number of fused-ring (bicyclic) bond motifs is 4. The normalized spacial score (nSPS) is 24.3. The van der Waals surface area contributed by atoms with Crippen LogP contribution in [0.25, 0.3) is 10.9 Å². The molecule has 3 aromatic rings. The van der Waals surface area contributed by atoms with E-state index in [0.717, 1.165) is 50.1 Å². The van der Waals surface area contributed by atoms with E-state index in [1.165, 1.54) is 12.1 Å². The number of hydrogen-bond acceptors (Lipinski definition) is 4. The van der Waals surface area contributed by atoms with Crippen LogP contribution in [0, 0.1) is 11.7 Å². The number of halogens is 1. The van der Waals surface area contributed by atoms with Gasteiger partial charge in [0.25, 0.3) is 5.56 Å². The molecular formula is C21H21FN4O. The van der Waals surface area contributed by atoms with Gasteiger partial charge in [0.2, 0.25) is 5.95 Å². The summed E-state index contributed by atoms with van der Waals surface area (Å²) >= 11 is 0. The Morgan fingerprint density at radius 1 is 1.15 bits per heavy atom. The minimum atomic E-state index is -0.411. The van der Waals surface area contributed by atoms with Crippen molar-refractivity contribution in [2.75, 3.05) is 5.32 Å². The predicted octanol–water partition coefficient (Wildman–Crippen LogP) is 4.35. The standard InChI is InChI=1S/C21H21FN4O/c22-15-3-4-18-17(12-15)19(27)26(21-8-5-14(6-9-21)7-10-21)20(25-18)24-16-2-1-11-23-13-16/h1-4,11-14H,5-10H2,(H,24,25). The van der Waals surface area contributed by atoms with Crippen molar-refractivity contribution in [2.45, 2.75) is 44.1 Å². The Kier molecular flexibility index (Phi) is 3.74. The van der Waals surface area contributed by atoms with Crippen LogP contribution in [0.3, 0.4) is 0 Å². The van der Waals surface area contributed by atoms with E-state index in [1.807, 2.05) is 16.7 Å². The number of aromatic nitrogens is 3. The highest BCUT2D eigenvalue weighted by Crippen LogP contribution is 2.49. The third-order valence-corrected chi connectivity index (χ3v) is 6.28. The number of anilines is 2. The SMILES string of the molecule is O=c1c2cc(F)ccc2nc(Nc2cccnc2)n1C12CCC(CC1)CC2. The topological polar surface area (TPSA) is 59.8 Å². The van der Waals surface area contributed by atoms with Gasteiger partial charge in [0.1, 0.15) is 5.82 Å². The van der Waals surface area contributed by atoms with Crippen LogP contribution in [0.4, 0.5) is 16.0 Å². The fourth-order valence-corrected chi connectivity index (χ4v) is 4.81. The quantitative estimate of drug-likeness (QED) is 0.750. The molecule has 0 radical (unpaired) electrons. The third-order valence-electron chi connectivity index (χ3n) is 6.28. The van der Waals surface area contributed by atoms with Crippen LogP contribution in [0.15, 0.2) is 47.5 Å². The zero-order valence-corrected chi connectivity index (χ0v) is 15.0. The van der Waals surface area contributed by atoms with Crippen LogP contribution in [-0.4, -0.2) is 14.5 Å². The monoisotopic (exact) mass is 364 g/mol. The number of pyridine rings is 1. The summed E-state index contributed by atoms with van der Waals surface area (Å²) in [7, 11) is 0. The molecule has 0 amide bonds. The summed E-state index contributed by atoms with van der Waals surface area (Å²) in [5.41, 5.74) is 0.890. The molecule has 138 valence electrons. The molecule has 0 atom stereocenters. The molecule has 2 bridgehead atoms. The summed E-state index contributed by atoms with van der Waals surface area (Å²) in [6.07, 6.45) is 9.75. The zero-order chi connectivity index (χ0) is 18.4. The van der Waals surface area contributed by atoms with Crippen LogP contribution in [0.1, 0.15) is 38.5 Å². The van der Waals surface area contributed by atoms with Gasteiger partial charge in [-0.25, -0.2) is 9.37 Å². The Morgan fingerprint density at radius 3 is 2.63 bits per heavy atom. The van der Waals surface area contributed by atoms with E-state index in [2.05, 4.69) is 10.3 Å². The highest BCUT2D eigenvalue weighted by atomic mass is 19.1. The van der Waals surface area contributed by atoms with Gasteiger partial charge in [0, 0.05) is 6.20 Å². The first kappa shape index (κ1) is 16.4. The Labute approximate surface area is 156 Å². The van der Waals surface area contributed by atoms with Gasteiger partial charge >= 0.3 is 0 Å². The highest BCUT2D eigenvalue weighted by molar-refractivity contribution is 5.79. The zero-order valence-electron chi connectivity index (χ0n) is 15.0. The molecule has 0 spiro atoms. The number of benzene rings is 1. The van der Waals surface area contributed by atoms with E-state index in [9.17, 15) is 9.18 Å². The lowest BCUT2D eigenvalue weighted by Crippen LogP contribution is -2.48. The lowest BCUT2D eigenvalue weighted by atomic mass is 9.65. The fraction of sp³-hybridized carbons (Fsp3) is 0.381. The van der Waals surface area contributed by atoms with Gasteiger partial charge in [0.15, 0.2) is 0 Å². The van der Waals surface area contributed by atoms with E-state index in [4.69, 9.17) is 4.98 Å². The molecular weight excluding hydrogens is 343 g/mol. The third kappa shape index (κ3) is 2.71. The summed E-state index contributed by atoms with van der Waals surface area (Å²) in [5, 5.41) is 3.63. The molecule has 1 N–H and O–H groups in total. The lowest BCUT2D eigenvalue weighted by Gasteiger charge is -2.48. The van der Waals surface area contributed by atoms with E-state index in [-0.39, 0.29) is 11.1 Å². The molecule has 1 aromatic carbocycles. The fourth-order valence-electron chi connectivity index (χ4n) is 4.81. The van der Waals surface area contributed by atoms with Crippen molar-refractivity contribution in [3.63, 3.8) is 0 Å². The average molecular weight is 364 g/mol. The minimum absolute atomic E-state index is 0.161. The maximum absolute atomic E-state index is 13.8. The summed E-state index contributed by atoms with van der Waals surface area (Å²) in [6, 6.07) is 7.95. The average Bonchev–Trinajstić information content (AvgIpc) is 2.71.